The Morgan fingerprint density at radius 3 is 2.05 bits per heavy atom. The maximum absolute atomic E-state index is 8.49. The van der Waals surface area contributed by atoms with Crippen molar-refractivity contribution in [2.45, 2.75) is 12.8 Å². The van der Waals surface area contributed by atoms with Crippen molar-refractivity contribution in [2.75, 3.05) is 18.0 Å². The lowest BCUT2D eigenvalue weighted by Gasteiger charge is -2.17. The van der Waals surface area contributed by atoms with E-state index in [4.69, 9.17) is 18.6 Å². The number of pyridine rings is 1. The summed E-state index contributed by atoms with van der Waals surface area (Å²) in [6.07, 6.45) is 8.52. The first-order valence-corrected chi connectivity index (χ1v) is 6.87. The highest BCUT2D eigenvalue weighted by atomic mass is 35.7. The van der Waals surface area contributed by atoms with Crippen molar-refractivity contribution in [3.63, 3.8) is 0 Å². The van der Waals surface area contributed by atoms with Crippen LogP contribution in [0, 0.1) is 10.2 Å². The number of nitrogens with zero attached hydrogens (tertiary/aromatic N) is 2. The molecule has 2 heterocycles. The van der Waals surface area contributed by atoms with E-state index in [0.717, 1.165) is 0 Å². The summed E-state index contributed by atoms with van der Waals surface area (Å²) in [5, 5.41) is 0. The van der Waals surface area contributed by atoms with Crippen LogP contribution in [0.3, 0.4) is 0 Å². The SMILES string of the molecule is C=C=C[n+]1ccc(N2CCCC2)cc1.[O-][Cl+3]([O-])([O-])[O-]. The van der Waals surface area contributed by atoms with Gasteiger partial charge in [0.25, 0.3) is 0 Å². The van der Waals surface area contributed by atoms with Crippen LogP contribution in [0.4, 0.5) is 5.69 Å². The average molecular weight is 287 g/mol. The van der Waals surface area contributed by atoms with Crippen LogP contribution in [0.15, 0.2) is 36.8 Å². The number of rotatable bonds is 2. The normalized spacial score (nSPS) is 14.4. The summed E-state index contributed by atoms with van der Waals surface area (Å²) in [7, 11) is -4.94. The molecule has 0 bridgehead atoms. The van der Waals surface area contributed by atoms with Crippen molar-refractivity contribution < 1.29 is 33.4 Å². The quantitative estimate of drug-likeness (QED) is 0.428. The topological polar surface area (TPSA) is 99.4 Å². The summed E-state index contributed by atoms with van der Waals surface area (Å²) < 4.78 is 35.9. The molecule has 1 fully saturated rings. The fourth-order valence-electron chi connectivity index (χ4n) is 1.81. The van der Waals surface area contributed by atoms with Gasteiger partial charge in [0.2, 0.25) is 6.20 Å². The summed E-state index contributed by atoms with van der Waals surface area (Å²) in [6.45, 7) is 5.94. The van der Waals surface area contributed by atoms with Gasteiger partial charge in [-0.15, -0.1) is 10.2 Å². The van der Waals surface area contributed by atoms with Crippen LogP contribution in [0.1, 0.15) is 12.8 Å². The highest BCUT2D eigenvalue weighted by Crippen LogP contribution is 2.17. The zero-order valence-corrected chi connectivity index (χ0v) is 11.1. The van der Waals surface area contributed by atoms with Gasteiger partial charge in [0.15, 0.2) is 12.4 Å². The van der Waals surface area contributed by atoms with Crippen LogP contribution >= 0.6 is 0 Å². The van der Waals surface area contributed by atoms with Gasteiger partial charge in [-0.05, 0) is 12.8 Å². The molecule has 1 aliphatic heterocycles. The number of halogens is 1. The Labute approximate surface area is 113 Å². The molecule has 2 rings (SSSR count). The molecule has 0 unspecified atom stereocenters. The Kier molecular flexibility index (Phi) is 5.98. The third-order valence-electron chi connectivity index (χ3n) is 2.55. The van der Waals surface area contributed by atoms with Crippen LogP contribution in [0.5, 0.6) is 0 Å². The first-order valence-electron chi connectivity index (χ1n) is 5.63. The molecule has 1 aromatic rings. The number of anilines is 1. The molecular formula is C12H15ClN2O4. The van der Waals surface area contributed by atoms with E-state index in [2.05, 4.69) is 29.3 Å². The van der Waals surface area contributed by atoms with E-state index in [1.807, 2.05) is 23.2 Å². The Morgan fingerprint density at radius 1 is 1.16 bits per heavy atom. The zero-order valence-electron chi connectivity index (χ0n) is 10.3. The van der Waals surface area contributed by atoms with E-state index < -0.39 is 10.2 Å². The first-order chi connectivity index (χ1) is 8.90. The van der Waals surface area contributed by atoms with Gasteiger partial charge in [-0.25, -0.2) is 18.6 Å². The third-order valence-corrected chi connectivity index (χ3v) is 2.55. The highest BCUT2D eigenvalue weighted by Gasteiger charge is 2.12. The molecule has 0 aromatic carbocycles. The van der Waals surface area contributed by atoms with Crippen LogP contribution in [-0.4, -0.2) is 13.1 Å². The van der Waals surface area contributed by atoms with Crippen molar-refractivity contribution in [2.24, 2.45) is 0 Å². The van der Waals surface area contributed by atoms with Crippen molar-refractivity contribution in [1.29, 1.82) is 0 Å². The van der Waals surface area contributed by atoms with Gasteiger partial charge in [-0.1, -0.05) is 12.3 Å². The molecule has 0 aliphatic carbocycles. The minimum atomic E-state index is -4.94. The molecule has 1 aromatic heterocycles. The van der Waals surface area contributed by atoms with E-state index >= 15 is 0 Å². The lowest BCUT2D eigenvalue weighted by Crippen LogP contribution is -2.68. The van der Waals surface area contributed by atoms with E-state index in [1.54, 1.807) is 0 Å². The lowest BCUT2D eigenvalue weighted by atomic mass is 10.3. The van der Waals surface area contributed by atoms with Gasteiger partial charge in [-0.3, -0.25) is 0 Å². The summed E-state index contributed by atoms with van der Waals surface area (Å²) in [5.41, 5.74) is 4.06. The second-order valence-corrected chi connectivity index (χ2v) is 4.66. The summed E-state index contributed by atoms with van der Waals surface area (Å²) >= 11 is 0. The van der Waals surface area contributed by atoms with Gasteiger partial charge in [0, 0.05) is 30.9 Å². The Hall–Kier alpha value is -1.40. The third kappa shape index (κ3) is 6.93. The molecule has 0 spiro atoms. The van der Waals surface area contributed by atoms with Gasteiger partial charge in [0.1, 0.15) is 0 Å². The molecule has 0 N–H and O–H groups in total. The molecule has 0 radical (unpaired) electrons. The predicted octanol–water partition coefficient (Wildman–Crippen LogP) is -2.93. The van der Waals surface area contributed by atoms with Crippen molar-refractivity contribution in [3.8, 4) is 0 Å². The average Bonchev–Trinajstić information content (AvgIpc) is 2.82. The Balaban J connectivity index is 0.000000312. The summed E-state index contributed by atoms with van der Waals surface area (Å²) in [5.74, 6) is 0. The van der Waals surface area contributed by atoms with E-state index in [0.29, 0.717) is 0 Å². The molecule has 104 valence electrons. The van der Waals surface area contributed by atoms with Crippen LogP contribution in [-0.2, 0) is 0 Å². The second kappa shape index (κ2) is 7.25. The smallest absolute Gasteiger partial charge is 0.217 e. The first kappa shape index (κ1) is 15.7. The number of aromatic nitrogens is 1. The molecule has 7 heteroatoms. The Bertz CT molecular complexity index is 426. The molecule has 1 saturated heterocycles. The maximum Gasteiger partial charge on any atom is 0.217 e. The van der Waals surface area contributed by atoms with Crippen molar-refractivity contribution in [1.82, 2.24) is 0 Å². The maximum atomic E-state index is 8.49. The molecular weight excluding hydrogens is 272 g/mol. The van der Waals surface area contributed by atoms with Crippen LogP contribution in [0.25, 0.3) is 6.20 Å². The molecule has 1 aliphatic rings. The fourth-order valence-corrected chi connectivity index (χ4v) is 1.81. The van der Waals surface area contributed by atoms with E-state index in [9.17, 15) is 0 Å². The largest absolute Gasteiger partial charge is 0.371 e. The van der Waals surface area contributed by atoms with E-state index in [1.165, 1.54) is 31.6 Å². The van der Waals surface area contributed by atoms with Gasteiger partial charge < -0.3 is 4.90 Å². The van der Waals surface area contributed by atoms with Crippen LogP contribution in [0.2, 0.25) is 0 Å². The molecule has 6 nitrogen and oxygen atoms in total. The number of hydrogen-bond donors (Lipinski definition) is 0. The van der Waals surface area contributed by atoms with Crippen molar-refractivity contribution >= 4 is 11.9 Å². The molecule has 0 saturated carbocycles. The predicted molar refractivity (Wildman–Crippen MR) is 58.0 cm³/mol. The summed E-state index contributed by atoms with van der Waals surface area (Å²) in [6, 6.07) is 4.28. The monoisotopic (exact) mass is 286 g/mol. The standard InChI is InChI=1S/C12H15N2.ClHO4/c1-2-7-13-10-5-12(6-11-13)14-8-3-4-9-14;2-1(3,4)5/h5-7,10-11H,1,3-4,8-9H2;(H,2,3,4,5)/q+1;/p-1. The lowest BCUT2D eigenvalue weighted by molar-refractivity contribution is -2.00. The van der Waals surface area contributed by atoms with Crippen LogP contribution < -0.4 is 28.1 Å². The van der Waals surface area contributed by atoms with Gasteiger partial charge in [0.05, 0.1) is 0 Å². The van der Waals surface area contributed by atoms with Crippen molar-refractivity contribution in [3.05, 3.63) is 36.8 Å². The molecule has 0 atom stereocenters. The van der Waals surface area contributed by atoms with Gasteiger partial charge >= 0.3 is 0 Å². The highest BCUT2D eigenvalue weighted by molar-refractivity contribution is 5.44. The minimum absolute atomic E-state index is 1.20. The number of hydrogen-bond acceptors (Lipinski definition) is 5. The second-order valence-electron chi connectivity index (χ2n) is 3.91. The Morgan fingerprint density at radius 2 is 1.63 bits per heavy atom. The molecule has 0 amide bonds. The minimum Gasteiger partial charge on any atom is -0.371 e. The zero-order chi connectivity index (χ0) is 14.3. The van der Waals surface area contributed by atoms with E-state index in [-0.39, 0.29) is 0 Å². The summed E-state index contributed by atoms with van der Waals surface area (Å²) in [4.78, 5) is 2.42. The molecule has 19 heavy (non-hydrogen) atoms. The fraction of sp³-hybridized carbons (Fsp3) is 0.333. The van der Waals surface area contributed by atoms with Gasteiger partial charge in [-0.2, -0.15) is 4.57 Å².